The number of halogens is 1. The van der Waals surface area contributed by atoms with E-state index in [1.165, 1.54) is 37.4 Å². The lowest BCUT2D eigenvalue weighted by atomic mass is 9.86. The van der Waals surface area contributed by atoms with E-state index in [2.05, 4.69) is 22.9 Å². The third-order valence-electron chi connectivity index (χ3n) is 2.70. The summed E-state index contributed by atoms with van der Waals surface area (Å²) in [6.07, 6.45) is 7.18. The molecule has 0 heterocycles. The van der Waals surface area contributed by atoms with Crippen LogP contribution in [-0.4, -0.2) is 5.33 Å². The van der Waals surface area contributed by atoms with E-state index in [1.54, 1.807) is 0 Å². The van der Waals surface area contributed by atoms with Crippen LogP contribution < -0.4 is 0 Å². The average Bonchev–Trinajstić information content (AvgIpc) is 2.36. The van der Waals surface area contributed by atoms with E-state index in [1.807, 2.05) is 0 Å². The fraction of sp³-hybridized carbons (Fsp3) is 1.00. The largest absolute Gasteiger partial charge is 0.0922 e. The van der Waals surface area contributed by atoms with Crippen LogP contribution >= 0.6 is 15.9 Å². The van der Waals surface area contributed by atoms with Crippen LogP contribution in [0.4, 0.5) is 0 Å². The van der Waals surface area contributed by atoms with E-state index in [-0.39, 0.29) is 0 Å². The van der Waals surface area contributed by atoms with Crippen molar-refractivity contribution in [2.24, 2.45) is 5.41 Å². The molecular weight excluding hydrogens is 176 g/mol. The summed E-state index contributed by atoms with van der Waals surface area (Å²) in [7, 11) is 0. The highest BCUT2D eigenvalue weighted by atomic mass is 79.9. The second-order valence-corrected chi connectivity index (χ2v) is 3.76. The highest BCUT2D eigenvalue weighted by Gasteiger charge is 2.30. The summed E-state index contributed by atoms with van der Waals surface area (Å²) in [6, 6.07) is 0. The summed E-state index contributed by atoms with van der Waals surface area (Å²) in [4.78, 5) is 0. The maximum absolute atomic E-state index is 3.59. The molecule has 54 valence electrons. The molecule has 0 amide bonds. The van der Waals surface area contributed by atoms with Gasteiger partial charge in [0, 0.05) is 5.33 Å². The van der Waals surface area contributed by atoms with E-state index in [9.17, 15) is 0 Å². The second-order valence-electron chi connectivity index (χ2n) is 3.19. The van der Waals surface area contributed by atoms with Gasteiger partial charge >= 0.3 is 0 Å². The molecule has 0 aromatic carbocycles. The van der Waals surface area contributed by atoms with E-state index in [0.717, 1.165) is 0 Å². The van der Waals surface area contributed by atoms with Gasteiger partial charge in [-0.2, -0.15) is 0 Å². The number of alkyl halides is 1. The lowest BCUT2D eigenvalue weighted by Gasteiger charge is -2.23. The summed E-state index contributed by atoms with van der Waals surface area (Å²) in [5, 5.41) is 1.22. The first kappa shape index (κ1) is 7.59. The van der Waals surface area contributed by atoms with Gasteiger partial charge in [-0.3, -0.25) is 0 Å². The van der Waals surface area contributed by atoms with Crippen molar-refractivity contribution in [1.82, 2.24) is 0 Å². The van der Waals surface area contributed by atoms with Gasteiger partial charge in [0.1, 0.15) is 0 Å². The molecule has 1 aliphatic rings. The molecule has 1 fully saturated rings. The van der Waals surface area contributed by atoms with Crippen LogP contribution in [0.1, 0.15) is 39.0 Å². The molecule has 0 aromatic heterocycles. The van der Waals surface area contributed by atoms with Crippen LogP contribution in [0.5, 0.6) is 0 Å². The van der Waals surface area contributed by atoms with Gasteiger partial charge in [0.25, 0.3) is 0 Å². The summed E-state index contributed by atoms with van der Waals surface area (Å²) < 4.78 is 0. The molecule has 0 saturated heterocycles. The molecule has 1 heteroatoms. The zero-order valence-electron chi connectivity index (χ0n) is 6.12. The van der Waals surface area contributed by atoms with Crippen molar-refractivity contribution in [3.63, 3.8) is 0 Å². The SMILES string of the molecule is CCC1(CBr)CCCC1. The minimum atomic E-state index is 0.694. The zero-order valence-corrected chi connectivity index (χ0v) is 7.71. The Bertz CT molecular complexity index is 76.6. The quantitative estimate of drug-likeness (QED) is 0.587. The Hall–Kier alpha value is 0.480. The lowest BCUT2D eigenvalue weighted by Crippen LogP contribution is -2.15. The highest BCUT2D eigenvalue weighted by Crippen LogP contribution is 2.41. The van der Waals surface area contributed by atoms with Crippen molar-refractivity contribution in [3.05, 3.63) is 0 Å². The fourth-order valence-corrected chi connectivity index (χ4v) is 2.66. The van der Waals surface area contributed by atoms with Crippen molar-refractivity contribution in [3.8, 4) is 0 Å². The Morgan fingerprint density at radius 3 is 2.11 bits per heavy atom. The Balaban J connectivity index is 2.45. The summed E-state index contributed by atoms with van der Waals surface area (Å²) in [6.45, 7) is 2.31. The van der Waals surface area contributed by atoms with Crippen molar-refractivity contribution < 1.29 is 0 Å². The molecule has 1 saturated carbocycles. The third kappa shape index (κ3) is 1.49. The summed E-state index contributed by atoms with van der Waals surface area (Å²) >= 11 is 3.59. The smallest absolute Gasteiger partial charge is 0.00878 e. The van der Waals surface area contributed by atoms with Crippen LogP contribution in [0.2, 0.25) is 0 Å². The van der Waals surface area contributed by atoms with Crippen LogP contribution in [-0.2, 0) is 0 Å². The van der Waals surface area contributed by atoms with Gasteiger partial charge in [-0.1, -0.05) is 35.7 Å². The van der Waals surface area contributed by atoms with Gasteiger partial charge in [0.2, 0.25) is 0 Å². The Morgan fingerprint density at radius 1 is 1.33 bits per heavy atom. The molecule has 9 heavy (non-hydrogen) atoms. The van der Waals surface area contributed by atoms with Gasteiger partial charge in [-0.15, -0.1) is 0 Å². The monoisotopic (exact) mass is 190 g/mol. The molecule has 0 aromatic rings. The predicted molar refractivity (Wildman–Crippen MR) is 45.0 cm³/mol. The normalized spacial score (nSPS) is 24.7. The fourth-order valence-electron chi connectivity index (χ4n) is 1.71. The number of rotatable bonds is 2. The maximum atomic E-state index is 3.59. The molecule has 0 bridgehead atoms. The first-order valence-electron chi connectivity index (χ1n) is 3.89. The van der Waals surface area contributed by atoms with Crippen molar-refractivity contribution in [2.75, 3.05) is 5.33 Å². The summed E-state index contributed by atoms with van der Waals surface area (Å²) in [5.41, 5.74) is 0.694. The zero-order chi connectivity index (χ0) is 6.74. The van der Waals surface area contributed by atoms with Crippen molar-refractivity contribution >= 4 is 15.9 Å². The van der Waals surface area contributed by atoms with E-state index in [4.69, 9.17) is 0 Å². The van der Waals surface area contributed by atoms with Gasteiger partial charge < -0.3 is 0 Å². The van der Waals surface area contributed by atoms with Gasteiger partial charge in [-0.05, 0) is 24.7 Å². The lowest BCUT2D eigenvalue weighted by molar-refractivity contribution is 0.335. The maximum Gasteiger partial charge on any atom is 0.00878 e. The second kappa shape index (κ2) is 3.05. The van der Waals surface area contributed by atoms with Crippen LogP contribution in [0.15, 0.2) is 0 Å². The highest BCUT2D eigenvalue weighted by molar-refractivity contribution is 9.09. The third-order valence-corrected chi connectivity index (χ3v) is 3.89. The standard InChI is InChI=1S/C8H15Br/c1-2-8(7-9)5-3-4-6-8/h2-7H2,1H3. The average molecular weight is 191 g/mol. The Morgan fingerprint density at radius 2 is 1.89 bits per heavy atom. The van der Waals surface area contributed by atoms with Gasteiger partial charge in [0.05, 0.1) is 0 Å². The van der Waals surface area contributed by atoms with E-state index in [0.29, 0.717) is 5.41 Å². The first-order chi connectivity index (χ1) is 4.33. The molecule has 0 nitrogen and oxygen atoms in total. The number of hydrogen-bond acceptors (Lipinski definition) is 0. The molecule has 0 unspecified atom stereocenters. The molecule has 0 N–H and O–H groups in total. The molecule has 0 spiro atoms. The van der Waals surface area contributed by atoms with Gasteiger partial charge in [0.15, 0.2) is 0 Å². The van der Waals surface area contributed by atoms with E-state index < -0.39 is 0 Å². The molecule has 0 aliphatic heterocycles. The van der Waals surface area contributed by atoms with Crippen molar-refractivity contribution in [1.29, 1.82) is 0 Å². The molecule has 1 aliphatic carbocycles. The first-order valence-corrected chi connectivity index (χ1v) is 5.01. The topological polar surface area (TPSA) is 0 Å². The van der Waals surface area contributed by atoms with Crippen molar-refractivity contribution in [2.45, 2.75) is 39.0 Å². The van der Waals surface area contributed by atoms with Gasteiger partial charge in [-0.25, -0.2) is 0 Å². The Kier molecular flexibility index (Phi) is 2.57. The molecule has 0 atom stereocenters. The predicted octanol–water partition coefficient (Wildman–Crippen LogP) is 3.35. The van der Waals surface area contributed by atoms with E-state index >= 15 is 0 Å². The summed E-state index contributed by atoms with van der Waals surface area (Å²) in [5.74, 6) is 0. The van der Waals surface area contributed by atoms with Crippen LogP contribution in [0, 0.1) is 5.41 Å². The molecule has 1 rings (SSSR count). The number of hydrogen-bond donors (Lipinski definition) is 0. The minimum absolute atomic E-state index is 0.694. The van der Waals surface area contributed by atoms with Crippen LogP contribution in [0.3, 0.4) is 0 Å². The Labute approximate surface area is 66.2 Å². The minimum Gasteiger partial charge on any atom is -0.0922 e. The molecular formula is C8H15Br. The molecule has 0 radical (unpaired) electrons. The van der Waals surface area contributed by atoms with Crippen LogP contribution in [0.25, 0.3) is 0 Å².